The second-order valence-corrected chi connectivity index (χ2v) is 12.2. The van der Waals surface area contributed by atoms with Crippen molar-refractivity contribution in [1.29, 1.82) is 0 Å². The first-order valence-corrected chi connectivity index (χ1v) is 15.0. The molecule has 0 unspecified atom stereocenters. The summed E-state index contributed by atoms with van der Waals surface area (Å²) in [6.45, 7) is 11.8. The Kier molecular flexibility index (Phi) is 14.5. The Morgan fingerprint density at radius 2 is 1.56 bits per heavy atom. The summed E-state index contributed by atoms with van der Waals surface area (Å²) in [5.41, 5.74) is 0.274. The predicted octanol–water partition coefficient (Wildman–Crippen LogP) is 7.50. The fraction of sp³-hybridized carbons (Fsp3) is 0.750. The smallest absolute Gasteiger partial charge is 0.408 e. The third kappa shape index (κ3) is 13.8. The van der Waals surface area contributed by atoms with Gasteiger partial charge in [-0.3, -0.25) is 4.79 Å². The van der Waals surface area contributed by atoms with E-state index in [1.165, 1.54) is 44.9 Å². The number of ketones is 1. The van der Waals surface area contributed by atoms with Crippen molar-refractivity contribution in [3.63, 3.8) is 0 Å². The lowest BCUT2D eigenvalue weighted by Gasteiger charge is -2.32. The van der Waals surface area contributed by atoms with Gasteiger partial charge in [-0.25, -0.2) is 4.79 Å². The van der Waals surface area contributed by atoms with Crippen molar-refractivity contribution in [2.75, 3.05) is 6.61 Å². The first kappa shape index (κ1) is 33.2. The van der Waals surface area contributed by atoms with Crippen LogP contribution in [0.2, 0.25) is 0 Å². The van der Waals surface area contributed by atoms with Crippen LogP contribution in [0.5, 0.6) is 0 Å². The van der Waals surface area contributed by atoms with Crippen LogP contribution >= 0.6 is 0 Å². The normalized spacial score (nSPS) is 18.5. The van der Waals surface area contributed by atoms with Crippen LogP contribution < -0.4 is 5.32 Å². The van der Waals surface area contributed by atoms with Crippen LogP contribution in [0.3, 0.4) is 0 Å². The fourth-order valence-corrected chi connectivity index (χ4v) is 4.79. The van der Waals surface area contributed by atoms with E-state index in [4.69, 9.17) is 18.9 Å². The average Bonchev–Trinajstić information content (AvgIpc) is 3.23. The molecule has 0 aliphatic carbocycles. The van der Waals surface area contributed by atoms with Crippen LogP contribution in [0, 0.1) is 0 Å². The molecule has 1 saturated heterocycles. The highest BCUT2D eigenvalue weighted by Crippen LogP contribution is 2.27. The molecule has 1 aromatic rings. The molecule has 0 aromatic heterocycles. The molecule has 1 aliphatic rings. The van der Waals surface area contributed by atoms with Gasteiger partial charge in [0, 0.05) is 6.42 Å². The van der Waals surface area contributed by atoms with Gasteiger partial charge < -0.3 is 24.3 Å². The number of carbonyl (C=O) groups excluding carboxylic acids is 2. The largest absolute Gasteiger partial charge is 0.444 e. The molecule has 0 bridgehead atoms. The summed E-state index contributed by atoms with van der Waals surface area (Å²) in [6.07, 6.45) is 10.3. The number of carbonyl (C=O) groups is 2. The fourth-order valence-electron chi connectivity index (χ4n) is 4.79. The number of ether oxygens (including phenoxy) is 4. The summed E-state index contributed by atoms with van der Waals surface area (Å²) in [5, 5.41) is 2.90. The maximum Gasteiger partial charge on any atom is 0.408 e. The minimum atomic E-state index is -0.890. The lowest BCUT2D eigenvalue weighted by molar-refractivity contribution is -0.154. The third-order valence-corrected chi connectivity index (χ3v) is 6.81. The highest BCUT2D eigenvalue weighted by molar-refractivity contribution is 5.84. The molecule has 0 saturated carbocycles. The van der Waals surface area contributed by atoms with Gasteiger partial charge >= 0.3 is 6.09 Å². The standard InChI is InChI=1S/C32H53NO6/c1-7-8-9-10-11-12-13-14-15-19-22-26(34)29(36-23-25-20-17-16-18-21-25)28(27-24-37-32(5,6)38-27)33-30(35)39-31(2,3)4/h16-18,20-21,27-29H,7-15,19,22-24H2,1-6H3,(H,33,35)/t27-,28+,29+/m1/s1. The van der Waals surface area contributed by atoms with Crippen molar-refractivity contribution < 1.29 is 28.5 Å². The van der Waals surface area contributed by atoms with E-state index in [2.05, 4.69) is 12.2 Å². The molecule has 7 nitrogen and oxygen atoms in total. The summed E-state index contributed by atoms with van der Waals surface area (Å²) < 4.78 is 23.7. The summed E-state index contributed by atoms with van der Waals surface area (Å²) in [5.74, 6) is -0.859. The lowest BCUT2D eigenvalue weighted by atomic mass is 9.97. The summed E-state index contributed by atoms with van der Waals surface area (Å²) in [7, 11) is 0. The first-order chi connectivity index (χ1) is 18.5. The van der Waals surface area contributed by atoms with Crippen LogP contribution in [-0.2, 0) is 30.3 Å². The molecule has 0 spiro atoms. The maximum atomic E-state index is 13.6. The number of benzene rings is 1. The second kappa shape index (κ2) is 17.0. The highest BCUT2D eigenvalue weighted by atomic mass is 16.7. The molecule has 0 radical (unpaired) electrons. The Morgan fingerprint density at radius 1 is 0.974 bits per heavy atom. The van der Waals surface area contributed by atoms with Crippen LogP contribution in [0.25, 0.3) is 0 Å². The van der Waals surface area contributed by atoms with E-state index >= 15 is 0 Å². The number of hydrogen-bond acceptors (Lipinski definition) is 6. The van der Waals surface area contributed by atoms with Crippen molar-refractivity contribution in [2.24, 2.45) is 0 Å². The van der Waals surface area contributed by atoms with Gasteiger partial charge in [0.25, 0.3) is 0 Å². The molecule has 1 aliphatic heterocycles. The van der Waals surface area contributed by atoms with Crippen LogP contribution in [0.4, 0.5) is 4.79 Å². The SMILES string of the molecule is CCCCCCCCCCCCC(=O)[C@H](OCc1ccccc1)[C@@H](NC(=O)OC(C)(C)C)[C@H]1COC(C)(C)O1. The van der Waals surface area contributed by atoms with Gasteiger partial charge in [0.1, 0.15) is 17.8 Å². The van der Waals surface area contributed by atoms with Crippen molar-refractivity contribution >= 4 is 11.9 Å². The molecular weight excluding hydrogens is 494 g/mol. The zero-order valence-electron chi connectivity index (χ0n) is 25.3. The van der Waals surface area contributed by atoms with E-state index in [9.17, 15) is 9.59 Å². The molecule has 39 heavy (non-hydrogen) atoms. The monoisotopic (exact) mass is 547 g/mol. The molecule has 222 valence electrons. The Hall–Kier alpha value is -1.96. The van der Waals surface area contributed by atoms with Crippen LogP contribution in [0.1, 0.15) is 118 Å². The minimum absolute atomic E-state index is 0.0418. The number of hydrogen-bond donors (Lipinski definition) is 1. The number of rotatable bonds is 18. The van der Waals surface area contributed by atoms with Gasteiger partial charge in [0.15, 0.2) is 11.6 Å². The maximum absolute atomic E-state index is 13.6. The van der Waals surface area contributed by atoms with Crippen molar-refractivity contribution in [1.82, 2.24) is 5.32 Å². The van der Waals surface area contributed by atoms with E-state index in [0.29, 0.717) is 6.42 Å². The average molecular weight is 548 g/mol. The van der Waals surface area contributed by atoms with Gasteiger partial charge in [-0.2, -0.15) is 0 Å². The summed E-state index contributed by atoms with van der Waals surface area (Å²) in [6, 6.07) is 8.98. The Balaban J connectivity index is 2.04. The van der Waals surface area contributed by atoms with E-state index in [1.807, 2.05) is 44.2 Å². The first-order valence-electron chi connectivity index (χ1n) is 15.0. The number of unbranched alkanes of at least 4 members (excludes halogenated alkanes) is 9. The van der Waals surface area contributed by atoms with E-state index in [1.54, 1.807) is 20.8 Å². The Bertz CT molecular complexity index is 835. The van der Waals surface area contributed by atoms with Gasteiger partial charge in [0.05, 0.1) is 19.3 Å². The van der Waals surface area contributed by atoms with Gasteiger partial charge in [-0.05, 0) is 46.6 Å². The van der Waals surface area contributed by atoms with E-state index in [-0.39, 0.29) is 19.0 Å². The number of amides is 1. The molecule has 3 atom stereocenters. The summed E-state index contributed by atoms with van der Waals surface area (Å²) in [4.78, 5) is 26.4. The zero-order valence-corrected chi connectivity index (χ0v) is 25.3. The predicted molar refractivity (Wildman–Crippen MR) is 155 cm³/mol. The number of Topliss-reactive ketones (excluding diaryl/α,β-unsaturated/α-hetero) is 1. The topological polar surface area (TPSA) is 83.1 Å². The third-order valence-electron chi connectivity index (χ3n) is 6.81. The zero-order chi connectivity index (χ0) is 28.7. The molecular formula is C32H53NO6. The molecule has 2 rings (SSSR count). The Morgan fingerprint density at radius 3 is 2.10 bits per heavy atom. The van der Waals surface area contributed by atoms with Gasteiger partial charge in [0.2, 0.25) is 0 Å². The van der Waals surface area contributed by atoms with Crippen molar-refractivity contribution in [3.8, 4) is 0 Å². The van der Waals surface area contributed by atoms with Crippen molar-refractivity contribution in [2.45, 2.75) is 148 Å². The van der Waals surface area contributed by atoms with Crippen LogP contribution in [0.15, 0.2) is 30.3 Å². The number of alkyl carbamates (subject to hydrolysis) is 1. The second-order valence-electron chi connectivity index (χ2n) is 12.2. The molecule has 1 amide bonds. The van der Waals surface area contributed by atoms with Gasteiger partial charge in [-0.15, -0.1) is 0 Å². The van der Waals surface area contributed by atoms with Gasteiger partial charge in [-0.1, -0.05) is 95.0 Å². The number of nitrogens with one attached hydrogen (secondary N) is 1. The molecule has 1 N–H and O–H groups in total. The van der Waals surface area contributed by atoms with Crippen molar-refractivity contribution in [3.05, 3.63) is 35.9 Å². The Labute approximate surface area is 236 Å². The highest BCUT2D eigenvalue weighted by Gasteiger charge is 2.44. The molecule has 1 heterocycles. The lowest BCUT2D eigenvalue weighted by Crippen LogP contribution is -2.56. The molecule has 7 heteroatoms. The van der Waals surface area contributed by atoms with E-state index < -0.39 is 35.7 Å². The quantitative estimate of drug-likeness (QED) is 0.192. The summed E-state index contributed by atoms with van der Waals surface area (Å²) >= 11 is 0. The molecule has 1 aromatic carbocycles. The molecule has 1 fully saturated rings. The minimum Gasteiger partial charge on any atom is -0.444 e. The van der Waals surface area contributed by atoms with Crippen LogP contribution in [-0.4, -0.2) is 48.1 Å². The van der Waals surface area contributed by atoms with E-state index in [0.717, 1.165) is 24.8 Å².